The summed E-state index contributed by atoms with van der Waals surface area (Å²) in [4.78, 5) is 12.6. The molecule has 0 saturated carbocycles. The van der Waals surface area contributed by atoms with Crippen molar-refractivity contribution >= 4 is 17.7 Å². The van der Waals surface area contributed by atoms with Gasteiger partial charge in [0, 0.05) is 17.2 Å². The summed E-state index contributed by atoms with van der Waals surface area (Å²) >= 11 is 1.77. The van der Waals surface area contributed by atoms with Crippen LogP contribution in [0.15, 0.2) is 35.2 Å². The molecule has 0 aliphatic heterocycles. The Morgan fingerprint density at radius 1 is 1.28 bits per heavy atom. The number of hydrogen-bond acceptors (Lipinski definition) is 4. The van der Waals surface area contributed by atoms with E-state index in [-0.39, 0.29) is 12.5 Å². The standard InChI is InChI=1S/C14H21NO2S/c1-14(2,3)17-13(16)11-15-9-10-18-12-7-5-4-6-8-12/h4-8,15H,9-11H2,1-3H3. The molecule has 0 aliphatic rings. The van der Waals surface area contributed by atoms with Crippen LogP contribution in [-0.2, 0) is 9.53 Å². The van der Waals surface area contributed by atoms with Crippen LogP contribution in [0.1, 0.15) is 20.8 Å². The van der Waals surface area contributed by atoms with Crippen LogP contribution >= 0.6 is 11.8 Å². The SMILES string of the molecule is CC(C)(C)OC(=O)CNCCSc1ccccc1. The zero-order valence-electron chi connectivity index (χ0n) is 11.2. The van der Waals surface area contributed by atoms with Crippen molar-refractivity contribution in [2.45, 2.75) is 31.3 Å². The van der Waals surface area contributed by atoms with Gasteiger partial charge >= 0.3 is 5.97 Å². The molecular weight excluding hydrogens is 246 g/mol. The molecule has 0 amide bonds. The average Bonchev–Trinajstić information content (AvgIpc) is 2.27. The number of esters is 1. The largest absolute Gasteiger partial charge is 0.459 e. The maximum Gasteiger partial charge on any atom is 0.320 e. The summed E-state index contributed by atoms with van der Waals surface area (Å²) in [5.41, 5.74) is -0.405. The monoisotopic (exact) mass is 267 g/mol. The molecule has 0 aliphatic carbocycles. The van der Waals surface area contributed by atoms with Gasteiger partial charge in [0.25, 0.3) is 0 Å². The number of nitrogens with one attached hydrogen (secondary N) is 1. The van der Waals surface area contributed by atoms with Crippen LogP contribution in [0.2, 0.25) is 0 Å². The van der Waals surface area contributed by atoms with E-state index in [2.05, 4.69) is 17.4 Å². The lowest BCUT2D eigenvalue weighted by atomic mass is 10.2. The van der Waals surface area contributed by atoms with E-state index < -0.39 is 5.60 Å². The lowest BCUT2D eigenvalue weighted by molar-refractivity contribution is -0.153. The number of carbonyl (C=O) groups is 1. The van der Waals surface area contributed by atoms with Gasteiger partial charge in [0.2, 0.25) is 0 Å². The Hall–Kier alpha value is -1.00. The third-order valence-corrected chi connectivity index (χ3v) is 2.99. The van der Waals surface area contributed by atoms with Gasteiger partial charge in [-0.3, -0.25) is 4.79 Å². The van der Waals surface area contributed by atoms with Crippen LogP contribution in [0.25, 0.3) is 0 Å². The molecule has 18 heavy (non-hydrogen) atoms. The Labute approximate surface area is 113 Å². The second-order valence-corrected chi connectivity index (χ2v) is 6.09. The number of carbonyl (C=O) groups excluding carboxylic acids is 1. The maximum atomic E-state index is 11.4. The molecule has 0 spiro atoms. The first kappa shape index (κ1) is 15.1. The van der Waals surface area contributed by atoms with E-state index in [4.69, 9.17) is 4.74 Å². The third kappa shape index (κ3) is 7.35. The van der Waals surface area contributed by atoms with Crippen molar-refractivity contribution in [1.29, 1.82) is 0 Å². The second-order valence-electron chi connectivity index (χ2n) is 4.92. The quantitative estimate of drug-likeness (QED) is 0.488. The molecular formula is C14H21NO2S. The van der Waals surface area contributed by atoms with E-state index in [0.717, 1.165) is 12.3 Å². The van der Waals surface area contributed by atoms with E-state index in [1.165, 1.54) is 4.90 Å². The lowest BCUT2D eigenvalue weighted by Gasteiger charge is -2.19. The summed E-state index contributed by atoms with van der Waals surface area (Å²) in [6.07, 6.45) is 0. The van der Waals surface area contributed by atoms with Crippen molar-refractivity contribution in [3.8, 4) is 0 Å². The molecule has 1 aromatic carbocycles. The van der Waals surface area contributed by atoms with Gasteiger partial charge in [-0.25, -0.2) is 0 Å². The first-order chi connectivity index (χ1) is 8.47. The van der Waals surface area contributed by atoms with Crippen LogP contribution in [0.3, 0.4) is 0 Å². The van der Waals surface area contributed by atoms with E-state index in [0.29, 0.717) is 0 Å². The molecule has 0 unspecified atom stereocenters. The van der Waals surface area contributed by atoms with Gasteiger partial charge in [0.1, 0.15) is 5.60 Å². The first-order valence-electron chi connectivity index (χ1n) is 6.08. The van der Waals surface area contributed by atoms with Gasteiger partial charge in [-0.1, -0.05) is 18.2 Å². The molecule has 0 radical (unpaired) electrons. The summed E-state index contributed by atoms with van der Waals surface area (Å²) in [6, 6.07) is 10.2. The van der Waals surface area contributed by atoms with E-state index in [1.807, 2.05) is 39.0 Å². The highest BCUT2D eigenvalue weighted by Gasteiger charge is 2.15. The molecule has 0 bridgehead atoms. The van der Waals surface area contributed by atoms with Crippen molar-refractivity contribution in [3.63, 3.8) is 0 Å². The first-order valence-corrected chi connectivity index (χ1v) is 7.06. The molecule has 3 nitrogen and oxygen atoms in total. The van der Waals surface area contributed by atoms with Crippen molar-refractivity contribution in [2.24, 2.45) is 0 Å². The predicted octanol–water partition coefficient (Wildman–Crippen LogP) is 2.71. The Morgan fingerprint density at radius 3 is 2.56 bits per heavy atom. The molecule has 0 aromatic heterocycles. The van der Waals surface area contributed by atoms with Crippen molar-refractivity contribution in [2.75, 3.05) is 18.8 Å². The Kier molecular flexibility index (Phi) is 6.22. The average molecular weight is 267 g/mol. The highest BCUT2D eigenvalue weighted by atomic mass is 32.2. The third-order valence-electron chi connectivity index (χ3n) is 1.98. The smallest absolute Gasteiger partial charge is 0.320 e. The van der Waals surface area contributed by atoms with Gasteiger partial charge < -0.3 is 10.1 Å². The molecule has 1 N–H and O–H groups in total. The summed E-state index contributed by atoms with van der Waals surface area (Å²) in [5, 5.41) is 3.08. The molecule has 100 valence electrons. The van der Waals surface area contributed by atoms with Gasteiger partial charge in [-0.05, 0) is 32.9 Å². The Balaban J connectivity index is 2.07. The fourth-order valence-electron chi connectivity index (χ4n) is 1.33. The van der Waals surface area contributed by atoms with Crippen LogP contribution in [0, 0.1) is 0 Å². The molecule has 0 saturated heterocycles. The van der Waals surface area contributed by atoms with Crippen molar-refractivity contribution < 1.29 is 9.53 Å². The molecule has 0 heterocycles. The highest BCUT2D eigenvalue weighted by molar-refractivity contribution is 7.99. The molecule has 1 aromatic rings. The van der Waals surface area contributed by atoms with Gasteiger partial charge in [0.05, 0.1) is 6.54 Å². The normalized spacial score (nSPS) is 11.3. The Morgan fingerprint density at radius 2 is 1.94 bits per heavy atom. The van der Waals surface area contributed by atoms with Gasteiger partial charge in [-0.15, -0.1) is 11.8 Å². The van der Waals surface area contributed by atoms with Gasteiger partial charge in [-0.2, -0.15) is 0 Å². The molecule has 0 atom stereocenters. The van der Waals surface area contributed by atoms with Crippen LogP contribution in [-0.4, -0.2) is 30.4 Å². The topological polar surface area (TPSA) is 38.3 Å². The number of hydrogen-bond donors (Lipinski definition) is 1. The van der Waals surface area contributed by atoms with Crippen molar-refractivity contribution in [3.05, 3.63) is 30.3 Å². The number of thioether (sulfide) groups is 1. The fraction of sp³-hybridized carbons (Fsp3) is 0.500. The number of rotatable bonds is 6. The summed E-state index contributed by atoms with van der Waals surface area (Å²) in [6.45, 7) is 6.67. The van der Waals surface area contributed by atoms with Crippen LogP contribution in [0.5, 0.6) is 0 Å². The minimum absolute atomic E-state index is 0.202. The fourth-order valence-corrected chi connectivity index (χ4v) is 2.16. The second kappa shape index (κ2) is 7.44. The van der Waals surface area contributed by atoms with Gasteiger partial charge in [0.15, 0.2) is 0 Å². The van der Waals surface area contributed by atoms with E-state index in [9.17, 15) is 4.79 Å². The van der Waals surface area contributed by atoms with Crippen LogP contribution in [0.4, 0.5) is 0 Å². The summed E-state index contributed by atoms with van der Waals surface area (Å²) < 4.78 is 5.19. The highest BCUT2D eigenvalue weighted by Crippen LogP contribution is 2.15. The zero-order chi connectivity index (χ0) is 13.4. The number of benzene rings is 1. The van der Waals surface area contributed by atoms with E-state index >= 15 is 0 Å². The minimum atomic E-state index is -0.405. The van der Waals surface area contributed by atoms with E-state index in [1.54, 1.807) is 11.8 Å². The molecule has 1 rings (SSSR count). The Bertz CT molecular complexity index is 360. The molecule has 4 heteroatoms. The molecule has 0 fully saturated rings. The predicted molar refractivity (Wildman–Crippen MR) is 75.9 cm³/mol. The lowest BCUT2D eigenvalue weighted by Crippen LogP contribution is -2.32. The van der Waals surface area contributed by atoms with Crippen molar-refractivity contribution in [1.82, 2.24) is 5.32 Å². The summed E-state index contributed by atoms with van der Waals surface area (Å²) in [5.74, 6) is 0.736. The maximum absolute atomic E-state index is 11.4. The summed E-state index contributed by atoms with van der Waals surface area (Å²) in [7, 11) is 0. The van der Waals surface area contributed by atoms with Crippen LogP contribution < -0.4 is 5.32 Å². The minimum Gasteiger partial charge on any atom is -0.459 e. The zero-order valence-corrected chi connectivity index (χ0v) is 12.0. The number of ether oxygens (including phenoxy) is 1.